The number of hydrogen-bond donors (Lipinski definition) is 2. The van der Waals surface area contributed by atoms with Crippen molar-refractivity contribution in [2.24, 2.45) is 0 Å². The Hall–Kier alpha value is -5.45. The highest BCUT2D eigenvalue weighted by Crippen LogP contribution is 2.52. The molecule has 0 unspecified atom stereocenters. The lowest BCUT2D eigenvalue weighted by Crippen LogP contribution is -2.30. The number of nitrogens with zero attached hydrogens (tertiary/aromatic N) is 2. The van der Waals surface area contributed by atoms with Gasteiger partial charge in [-0.05, 0) is 66.8 Å². The Kier molecular flexibility index (Phi) is 8.08. The smallest absolute Gasteiger partial charge is 0.337 e. The number of benzene rings is 3. The number of carboxylic acid groups (broad SMARTS) is 1. The Morgan fingerprint density at radius 3 is 2.13 bits per heavy atom. The Morgan fingerprint density at radius 2 is 1.50 bits per heavy atom. The maximum Gasteiger partial charge on any atom is 0.337 e. The number of rotatable bonds is 9. The SMILES string of the molecule is COc1ccc([C@@H]2CC(=O)C3=C(C2)Nc2c(c(C)nn2-c2ccccc2C(=O)O)[C@@H]3c2cc(OC)c(OC)c(OC)c2)cc1OC. The number of aryl methyl sites for hydroxylation is 1. The highest BCUT2D eigenvalue weighted by atomic mass is 16.5. The summed E-state index contributed by atoms with van der Waals surface area (Å²) in [5, 5.41) is 18.4. The second kappa shape index (κ2) is 12.2. The monoisotopic (exact) mass is 625 g/mol. The lowest BCUT2D eigenvalue weighted by Gasteiger charge is -2.36. The summed E-state index contributed by atoms with van der Waals surface area (Å²) < 4.78 is 29.6. The fourth-order valence-corrected chi connectivity index (χ4v) is 6.63. The van der Waals surface area contributed by atoms with E-state index in [0.717, 1.165) is 22.4 Å². The first-order chi connectivity index (χ1) is 22.2. The van der Waals surface area contributed by atoms with Gasteiger partial charge in [-0.15, -0.1) is 0 Å². The van der Waals surface area contributed by atoms with Crippen LogP contribution < -0.4 is 29.0 Å². The molecule has 0 saturated carbocycles. The first-order valence-electron chi connectivity index (χ1n) is 14.7. The normalized spacial score (nSPS) is 17.0. The van der Waals surface area contributed by atoms with Crippen molar-refractivity contribution < 1.29 is 38.4 Å². The third kappa shape index (κ3) is 4.97. The molecule has 2 heterocycles. The van der Waals surface area contributed by atoms with Gasteiger partial charge in [0.1, 0.15) is 5.82 Å². The third-order valence-corrected chi connectivity index (χ3v) is 8.72. The Bertz CT molecular complexity index is 1870. The van der Waals surface area contributed by atoms with Gasteiger partial charge in [-0.2, -0.15) is 5.10 Å². The van der Waals surface area contributed by atoms with Crippen LogP contribution in [0.5, 0.6) is 28.7 Å². The van der Waals surface area contributed by atoms with Gasteiger partial charge in [0.15, 0.2) is 28.8 Å². The van der Waals surface area contributed by atoms with Crippen LogP contribution >= 0.6 is 0 Å². The Morgan fingerprint density at radius 1 is 0.848 bits per heavy atom. The first kappa shape index (κ1) is 30.6. The average molecular weight is 626 g/mol. The summed E-state index contributed by atoms with van der Waals surface area (Å²) in [5.74, 6) is 1.32. The average Bonchev–Trinajstić information content (AvgIpc) is 3.41. The third-order valence-electron chi connectivity index (χ3n) is 8.72. The maximum absolute atomic E-state index is 14.3. The number of fused-ring (bicyclic) bond motifs is 1. The molecule has 11 nitrogen and oxygen atoms in total. The molecule has 0 fully saturated rings. The van der Waals surface area contributed by atoms with Crippen molar-refractivity contribution in [1.82, 2.24) is 9.78 Å². The van der Waals surface area contributed by atoms with E-state index in [1.165, 1.54) is 7.11 Å². The fourth-order valence-electron chi connectivity index (χ4n) is 6.63. The summed E-state index contributed by atoms with van der Waals surface area (Å²) in [7, 11) is 7.80. The minimum atomic E-state index is -1.07. The zero-order valence-corrected chi connectivity index (χ0v) is 26.5. The molecule has 1 aromatic heterocycles. The molecule has 0 amide bonds. The van der Waals surface area contributed by atoms with Crippen LogP contribution in [0, 0.1) is 6.92 Å². The lowest BCUT2D eigenvalue weighted by atomic mass is 9.72. The number of ketones is 1. The van der Waals surface area contributed by atoms with Gasteiger partial charge in [-0.3, -0.25) is 4.79 Å². The van der Waals surface area contributed by atoms with Crippen LogP contribution in [0.4, 0.5) is 5.82 Å². The molecule has 1 aliphatic carbocycles. The van der Waals surface area contributed by atoms with Crippen LogP contribution in [0.1, 0.15) is 57.4 Å². The van der Waals surface area contributed by atoms with Gasteiger partial charge < -0.3 is 34.1 Å². The van der Waals surface area contributed by atoms with Crippen molar-refractivity contribution in [2.45, 2.75) is 31.6 Å². The van der Waals surface area contributed by atoms with Gasteiger partial charge >= 0.3 is 5.97 Å². The van der Waals surface area contributed by atoms with Crippen LogP contribution in [0.3, 0.4) is 0 Å². The zero-order valence-electron chi connectivity index (χ0n) is 26.5. The van der Waals surface area contributed by atoms with E-state index in [0.29, 0.717) is 57.9 Å². The number of anilines is 1. The van der Waals surface area contributed by atoms with Gasteiger partial charge in [0.05, 0.1) is 52.5 Å². The molecule has 0 saturated heterocycles. The molecule has 2 N–H and O–H groups in total. The molecule has 238 valence electrons. The molecule has 1 aliphatic heterocycles. The molecule has 0 radical (unpaired) electrons. The Labute approximate surface area is 266 Å². The van der Waals surface area contributed by atoms with Crippen molar-refractivity contribution in [2.75, 3.05) is 40.9 Å². The Balaban J connectivity index is 1.57. The number of allylic oxidation sites excluding steroid dienone is 2. The number of methoxy groups -OCH3 is 5. The number of para-hydroxylation sites is 1. The molecular weight excluding hydrogens is 590 g/mol. The van der Waals surface area contributed by atoms with Gasteiger partial charge in [0, 0.05) is 29.2 Å². The van der Waals surface area contributed by atoms with Gasteiger partial charge in [0.2, 0.25) is 5.75 Å². The van der Waals surface area contributed by atoms with Crippen LogP contribution in [0.15, 0.2) is 65.9 Å². The van der Waals surface area contributed by atoms with Crippen molar-refractivity contribution in [3.63, 3.8) is 0 Å². The number of hydrogen-bond acceptors (Lipinski definition) is 9. The molecule has 2 atom stereocenters. The molecule has 6 rings (SSSR count). The van der Waals surface area contributed by atoms with Crippen molar-refractivity contribution in [1.29, 1.82) is 0 Å². The summed E-state index contributed by atoms with van der Waals surface area (Å²) in [4.78, 5) is 26.6. The minimum absolute atomic E-state index is 0.0176. The number of carbonyl (C=O) groups excluding carboxylic acids is 1. The van der Waals surface area contributed by atoms with E-state index in [1.807, 2.05) is 37.3 Å². The largest absolute Gasteiger partial charge is 0.493 e. The predicted molar refractivity (Wildman–Crippen MR) is 170 cm³/mol. The van der Waals surface area contributed by atoms with E-state index in [1.54, 1.807) is 57.4 Å². The molecular formula is C35H35N3O8. The van der Waals surface area contributed by atoms with Crippen LogP contribution in [-0.2, 0) is 4.79 Å². The molecule has 4 aromatic rings. The van der Waals surface area contributed by atoms with E-state index in [-0.39, 0.29) is 23.7 Å². The summed E-state index contributed by atoms with van der Waals surface area (Å²) in [6.07, 6.45) is 0.795. The summed E-state index contributed by atoms with van der Waals surface area (Å²) >= 11 is 0. The first-order valence-corrected chi connectivity index (χ1v) is 14.7. The second-order valence-corrected chi connectivity index (χ2v) is 11.1. The van der Waals surface area contributed by atoms with E-state index < -0.39 is 11.9 Å². The topological polar surface area (TPSA) is 130 Å². The highest BCUT2D eigenvalue weighted by molar-refractivity contribution is 6.02. The zero-order chi connectivity index (χ0) is 32.7. The van der Waals surface area contributed by atoms with Gasteiger partial charge in [-0.25, -0.2) is 9.48 Å². The number of nitrogens with one attached hydrogen (secondary N) is 1. The van der Waals surface area contributed by atoms with Crippen LogP contribution in [0.25, 0.3) is 5.69 Å². The number of aromatic nitrogens is 2. The standard InChI is InChI=1S/C35H35N3O8/c1-18-30-31(21-16-28(44-4)33(46-6)29(17-21)45-5)32-23(36-34(30)38(37-18)24-10-8-7-9-22(24)35(40)41)13-20(14-25(32)39)19-11-12-26(42-2)27(15-19)43-3/h7-12,15-17,20,31,36H,13-14H2,1-6H3,(H,40,41)/t20-,31-/m0/s1. The lowest BCUT2D eigenvalue weighted by molar-refractivity contribution is -0.116. The summed E-state index contributed by atoms with van der Waals surface area (Å²) in [5.41, 5.74) is 4.94. The molecule has 2 aliphatic rings. The maximum atomic E-state index is 14.3. The number of ether oxygens (including phenoxy) is 5. The number of carboxylic acids is 1. The second-order valence-electron chi connectivity index (χ2n) is 11.1. The van der Waals surface area contributed by atoms with Crippen LogP contribution in [-0.4, -0.2) is 62.2 Å². The molecule has 0 spiro atoms. The number of aromatic carboxylic acids is 1. The fraction of sp³-hybridized carbons (Fsp3) is 0.286. The van der Waals surface area contributed by atoms with Crippen LogP contribution in [0.2, 0.25) is 0 Å². The molecule has 46 heavy (non-hydrogen) atoms. The van der Waals surface area contributed by atoms with Crippen molar-refractivity contribution >= 4 is 17.6 Å². The summed E-state index contributed by atoms with van der Waals surface area (Å²) in [6, 6.07) is 16.1. The molecule has 11 heteroatoms. The van der Waals surface area contributed by atoms with Crippen molar-refractivity contribution in [3.05, 3.63) is 93.8 Å². The van der Waals surface area contributed by atoms with Gasteiger partial charge in [-0.1, -0.05) is 18.2 Å². The number of carbonyl (C=O) groups is 2. The minimum Gasteiger partial charge on any atom is -0.493 e. The van der Waals surface area contributed by atoms with Crippen molar-refractivity contribution in [3.8, 4) is 34.4 Å². The predicted octanol–water partition coefficient (Wildman–Crippen LogP) is 5.88. The van der Waals surface area contributed by atoms with E-state index in [4.69, 9.17) is 28.8 Å². The van der Waals surface area contributed by atoms with E-state index in [9.17, 15) is 14.7 Å². The summed E-state index contributed by atoms with van der Waals surface area (Å²) in [6.45, 7) is 1.86. The highest BCUT2D eigenvalue weighted by Gasteiger charge is 2.42. The van der Waals surface area contributed by atoms with E-state index >= 15 is 0 Å². The quantitative estimate of drug-likeness (QED) is 0.233. The van der Waals surface area contributed by atoms with E-state index in [2.05, 4.69) is 5.32 Å². The molecule has 0 bridgehead atoms. The molecule has 3 aromatic carbocycles. The number of Topliss-reactive ketones (excluding diaryl/α,β-unsaturated/α-hetero) is 1. The van der Waals surface area contributed by atoms with Gasteiger partial charge in [0.25, 0.3) is 0 Å².